The molecule has 0 saturated carbocycles. The average Bonchev–Trinajstić information content (AvgIpc) is 2.67. The van der Waals surface area contributed by atoms with Crippen molar-refractivity contribution in [1.82, 2.24) is 15.1 Å². The van der Waals surface area contributed by atoms with Crippen molar-refractivity contribution < 1.29 is 14.1 Å². The minimum atomic E-state index is -0.512. The molecular formula is C12H13N3O3. The van der Waals surface area contributed by atoms with Gasteiger partial charge in [-0.2, -0.15) is 0 Å². The first kappa shape index (κ1) is 12.2. The summed E-state index contributed by atoms with van der Waals surface area (Å²) in [5, 5.41) is 3.78. The van der Waals surface area contributed by atoms with Crippen molar-refractivity contribution >= 4 is 5.97 Å². The largest absolute Gasteiger partial charge is 0.456 e. The third kappa shape index (κ3) is 2.53. The second-order valence-electron chi connectivity index (χ2n) is 3.92. The predicted molar refractivity (Wildman–Crippen MR) is 61.9 cm³/mol. The van der Waals surface area contributed by atoms with Gasteiger partial charge in [-0.1, -0.05) is 5.16 Å². The first-order chi connectivity index (χ1) is 8.58. The molecule has 0 amide bonds. The van der Waals surface area contributed by atoms with Crippen LogP contribution in [0.1, 0.15) is 33.2 Å². The maximum absolute atomic E-state index is 11.7. The molecule has 0 spiro atoms. The van der Waals surface area contributed by atoms with Crippen LogP contribution < -0.4 is 0 Å². The van der Waals surface area contributed by atoms with Gasteiger partial charge < -0.3 is 9.26 Å². The number of esters is 1. The number of aryl methyl sites for hydroxylation is 3. The third-order valence-corrected chi connectivity index (χ3v) is 2.52. The molecule has 0 aliphatic carbocycles. The number of aromatic nitrogens is 3. The monoisotopic (exact) mass is 247 g/mol. The Morgan fingerprint density at radius 2 is 2.06 bits per heavy atom. The molecule has 2 aromatic rings. The molecule has 0 unspecified atom stereocenters. The van der Waals surface area contributed by atoms with Crippen molar-refractivity contribution in [2.45, 2.75) is 27.4 Å². The topological polar surface area (TPSA) is 78.1 Å². The number of hydrogen-bond acceptors (Lipinski definition) is 6. The summed E-state index contributed by atoms with van der Waals surface area (Å²) in [5.74, 6) is 0.137. The second kappa shape index (κ2) is 4.95. The Morgan fingerprint density at radius 1 is 1.28 bits per heavy atom. The standard InChI is InChI=1S/C12H13N3O3/c1-7-4-14-11(5-13-7)12(16)17-6-10-8(2)15-18-9(10)3/h4-5H,6H2,1-3H3. The first-order valence-electron chi connectivity index (χ1n) is 5.45. The zero-order valence-corrected chi connectivity index (χ0v) is 10.4. The molecule has 0 bridgehead atoms. The Hall–Kier alpha value is -2.24. The molecule has 6 nitrogen and oxygen atoms in total. The molecule has 0 aromatic carbocycles. The smallest absolute Gasteiger partial charge is 0.358 e. The first-order valence-corrected chi connectivity index (χ1v) is 5.45. The van der Waals surface area contributed by atoms with Crippen LogP contribution in [0.15, 0.2) is 16.9 Å². The number of nitrogens with zero attached hydrogens (tertiary/aromatic N) is 3. The highest BCUT2D eigenvalue weighted by Crippen LogP contribution is 2.13. The van der Waals surface area contributed by atoms with E-state index in [1.807, 2.05) is 0 Å². The van der Waals surface area contributed by atoms with Crippen LogP contribution in [0.25, 0.3) is 0 Å². The minimum Gasteiger partial charge on any atom is -0.456 e. The van der Waals surface area contributed by atoms with Gasteiger partial charge in [0, 0.05) is 6.20 Å². The van der Waals surface area contributed by atoms with E-state index >= 15 is 0 Å². The van der Waals surface area contributed by atoms with Crippen molar-refractivity contribution in [2.24, 2.45) is 0 Å². The summed E-state index contributed by atoms with van der Waals surface area (Å²) in [7, 11) is 0. The van der Waals surface area contributed by atoms with Gasteiger partial charge in [0.1, 0.15) is 12.4 Å². The zero-order valence-electron chi connectivity index (χ0n) is 10.4. The van der Waals surface area contributed by atoms with E-state index in [1.54, 1.807) is 20.8 Å². The van der Waals surface area contributed by atoms with Gasteiger partial charge in [-0.3, -0.25) is 4.98 Å². The summed E-state index contributed by atoms with van der Waals surface area (Å²) in [6.45, 7) is 5.49. The molecule has 0 N–H and O–H groups in total. The fourth-order valence-corrected chi connectivity index (χ4v) is 1.42. The van der Waals surface area contributed by atoms with Gasteiger partial charge in [0.05, 0.1) is 23.1 Å². The molecule has 6 heteroatoms. The van der Waals surface area contributed by atoms with Crippen LogP contribution in [0.5, 0.6) is 0 Å². The molecule has 0 aliphatic rings. The molecule has 0 atom stereocenters. The molecular weight excluding hydrogens is 234 g/mol. The van der Waals surface area contributed by atoms with Gasteiger partial charge in [0.15, 0.2) is 5.69 Å². The highest BCUT2D eigenvalue weighted by atomic mass is 16.5. The van der Waals surface area contributed by atoms with E-state index in [0.29, 0.717) is 5.76 Å². The Kier molecular flexibility index (Phi) is 3.36. The van der Waals surface area contributed by atoms with Crippen molar-refractivity contribution in [3.8, 4) is 0 Å². The minimum absolute atomic E-state index is 0.121. The van der Waals surface area contributed by atoms with E-state index in [2.05, 4.69) is 15.1 Å². The fraction of sp³-hybridized carbons (Fsp3) is 0.333. The van der Waals surface area contributed by atoms with E-state index in [0.717, 1.165) is 17.0 Å². The number of hydrogen-bond donors (Lipinski definition) is 0. The highest BCUT2D eigenvalue weighted by molar-refractivity contribution is 5.86. The lowest BCUT2D eigenvalue weighted by atomic mass is 10.2. The molecule has 2 heterocycles. The number of carbonyl (C=O) groups excluding carboxylic acids is 1. The molecule has 94 valence electrons. The van der Waals surface area contributed by atoms with Crippen LogP contribution in [0.4, 0.5) is 0 Å². The molecule has 0 fully saturated rings. The summed E-state index contributed by atoms with van der Waals surface area (Å²) in [5.41, 5.74) is 2.43. The zero-order chi connectivity index (χ0) is 13.1. The van der Waals surface area contributed by atoms with E-state index in [4.69, 9.17) is 9.26 Å². The van der Waals surface area contributed by atoms with Crippen molar-refractivity contribution in [2.75, 3.05) is 0 Å². The summed E-state index contributed by atoms with van der Waals surface area (Å²) < 4.78 is 10.1. The van der Waals surface area contributed by atoms with Gasteiger partial charge in [0.25, 0.3) is 0 Å². The van der Waals surface area contributed by atoms with E-state index in [-0.39, 0.29) is 12.3 Å². The summed E-state index contributed by atoms with van der Waals surface area (Å²) in [6.07, 6.45) is 2.91. The number of rotatable bonds is 3. The quantitative estimate of drug-likeness (QED) is 0.769. The molecule has 18 heavy (non-hydrogen) atoms. The van der Waals surface area contributed by atoms with Crippen LogP contribution in [0.2, 0.25) is 0 Å². The Balaban J connectivity index is 2.03. The lowest BCUT2D eigenvalue weighted by Crippen LogP contribution is -2.08. The maximum atomic E-state index is 11.7. The number of carbonyl (C=O) groups is 1. The maximum Gasteiger partial charge on any atom is 0.358 e. The molecule has 0 aliphatic heterocycles. The molecule has 0 radical (unpaired) electrons. The average molecular weight is 247 g/mol. The van der Waals surface area contributed by atoms with Crippen LogP contribution in [0.3, 0.4) is 0 Å². The molecule has 2 aromatic heterocycles. The normalized spacial score (nSPS) is 10.4. The van der Waals surface area contributed by atoms with Crippen LogP contribution in [-0.2, 0) is 11.3 Å². The van der Waals surface area contributed by atoms with Gasteiger partial charge >= 0.3 is 5.97 Å². The highest BCUT2D eigenvalue weighted by Gasteiger charge is 2.14. The predicted octanol–water partition coefficient (Wildman–Crippen LogP) is 1.75. The van der Waals surface area contributed by atoms with Gasteiger partial charge in [0.2, 0.25) is 0 Å². The van der Waals surface area contributed by atoms with E-state index in [1.165, 1.54) is 12.4 Å². The van der Waals surface area contributed by atoms with Crippen LogP contribution in [0, 0.1) is 20.8 Å². The fourth-order valence-electron chi connectivity index (χ4n) is 1.42. The Morgan fingerprint density at radius 3 is 2.61 bits per heavy atom. The lowest BCUT2D eigenvalue weighted by Gasteiger charge is -2.03. The Bertz CT molecular complexity index is 541. The SMILES string of the molecule is Cc1cnc(C(=O)OCc2c(C)noc2C)cn1. The summed E-state index contributed by atoms with van der Waals surface area (Å²) >= 11 is 0. The van der Waals surface area contributed by atoms with Crippen molar-refractivity contribution in [3.63, 3.8) is 0 Å². The van der Waals surface area contributed by atoms with Gasteiger partial charge in [-0.15, -0.1) is 0 Å². The van der Waals surface area contributed by atoms with Gasteiger partial charge in [-0.25, -0.2) is 9.78 Å². The number of ether oxygens (including phenoxy) is 1. The Labute approximate surface area is 104 Å². The molecule has 2 rings (SSSR count). The third-order valence-electron chi connectivity index (χ3n) is 2.52. The molecule has 0 saturated heterocycles. The van der Waals surface area contributed by atoms with E-state index in [9.17, 15) is 4.79 Å². The van der Waals surface area contributed by atoms with Gasteiger partial charge in [-0.05, 0) is 20.8 Å². The summed E-state index contributed by atoms with van der Waals surface area (Å²) in [6, 6.07) is 0. The van der Waals surface area contributed by atoms with Crippen LogP contribution >= 0.6 is 0 Å². The van der Waals surface area contributed by atoms with Crippen molar-refractivity contribution in [1.29, 1.82) is 0 Å². The van der Waals surface area contributed by atoms with Crippen LogP contribution in [-0.4, -0.2) is 21.1 Å². The van der Waals surface area contributed by atoms with E-state index < -0.39 is 5.97 Å². The summed E-state index contributed by atoms with van der Waals surface area (Å²) in [4.78, 5) is 19.6. The second-order valence-corrected chi connectivity index (χ2v) is 3.92. The van der Waals surface area contributed by atoms with Crippen molar-refractivity contribution in [3.05, 3.63) is 40.8 Å². The lowest BCUT2D eigenvalue weighted by molar-refractivity contribution is 0.0463.